The number of aromatic nitrogens is 2. The van der Waals surface area contributed by atoms with Gasteiger partial charge >= 0.3 is 0 Å². The highest BCUT2D eigenvalue weighted by molar-refractivity contribution is 9.10. The van der Waals surface area contributed by atoms with E-state index in [2.05, 4.69) is 43.3 Å². The first kappa shape index (κ1) is 13.3. The second-order valence-corrected chi connectivity index (χ2v) is 5.13. The largest absolute Gasteiger partial charge is 0.366 e. The van der Waals surface area contributed by atoms with Crippen LogP contribution in [-0.2, 0) is 13.0 Å². The van der Waals surface area contributed by atoms with E-state index >= 15 is 0 Å². The number of aryl methyl sites for hydroxylation is 1. The summed E-state index contributed by atoms with van der Waals surface area (Å²) in [6.45, 7) is 2.72. The van der Waals surface area contributed by atoms with Gasteiger partial charge in [0.25, 0.3) is 0 Å². The van der Waals surface area contributed by atoms with Gasteiger partial charge in [0.15, 0.2) is 0 Å². The molecule has 0 aliphatic heterocycles. The first-order valence-electron chi connectivity index (χ1n) is 5.69. The third kappa shape index (κ3) is 3.68. The molecule has 0 aliphatic rings. The number of nitrogens with one attached hydrogen (secondary N) is 1. The van der Waals surface area contributed by atoms with E-state index in [1.54, 1.807) is 6.07 Å². The molecule has 94 valence electrons. The summed E-state index contributed by atoms with van der Waals surface area (Å²) in [4.78, 5) is 8.50. The predicted octanol–water partition coefficient (Wildman–Crippen LogP) is 4.07. The minimum atomic E-state index is 0.472. The normalized spacial score (nSPS) is 10.4. The summed E-state index contributed by atoms with van der Waals surface area (Å²) >= 11 is 9.35. The number of hydrogen-bond acceptors (Lipinski definition) is 3. The Morgan fingerprint density at radius 2 is 1.94 bits per heavy atom. The van der Waals surface area contributed by atoms with Crippen LogP contribution in [0.4, 0.5) is 5.82 Å². The van der Waals surface area contributed by atoms with Gasteiger partial charge in [-0.2, -0.15) is 0 Å². The molecule has 0 radical (unpaired) electrons. The fourth-order valence-electron chi connectivity index (χ4n) is 1.51. The molecule has 1 aromatic heterocycles. The molecule has 3 nitrogen and oxygen atoms in total. The van der Waals surface area contributed by atoms with E-state index in [-0.39, 0.29) is 0 Å². The summed E-state index contributed by atoms with van der Waals surface area (Å²) in [7, 11) is 0. The maximum absolute atomic E-state index is 5.93. The van der Waals surface area contributed by atoms with E-state index in [1.807, 2.05) is 19.1 Å². The fourth-order valence-corrected chi connectivity index (χ4v) is 1.97. The topological polar surface area (TPSA) is 37.8 Å². The molecule has 0 atom stereocenters. The van der Waals surface area contributed by atoms with Gasteiger partial charge in [0.05, 0.1) is 0 Å². The zero-order chi connectivity index (χ0) is 13.0. The minimum absolute atomic E-state index is 0.472. The molecule has 0 bridgehead atoms. The van der Waals surface area contributed by atoms with Crippen molar-refractivity contribution in [3.8, 4) is 0 Å². The van der Waals surface area contributed by atoms with Crippen LogP contribution in [0.15, 0.2) is 34.8 Å². The van der Waals surface area contributed by atoms with Crippen LogP contribution in [0.2, 0.25) is 5.15 Å². The molecule has 1 aromatic carbocycles. The maximum atomic E-state index is 5.93. The Balaban J connectivity index is 2.05. The molecule has 0 fully saturated rings. The average Bonchev–Trinajstić information content (AvgIpc) is 2.37. The summed E-state index contributed by atoms with van der Waals surface area (Å²) < 4.78 is 1.07. The van der Waals surface area contributed by atoms with Crippen molar-refractivity contribution in [3.63, 3.8) is 0 Å². The van der Waals surface area contributed by atoms with Crippen molar-refractivity contribution in [2.45, 2.75) is 19.9 Å². The predicted molar refractivity (Wildman–Crippen MR) is 77.9 cm³/mol. The van der Waals surface area contributed by atoms with Gasteiger partial charge in [-0.1, -0.05) is 46.6 Å². The van der Waals surface area contributed by atoms with Gasteiger partial charge in [-0.3, -0.25) is 0 Å². The number of nitrogens with zero attached hydrogens (tertiary/aromatic N) is 2. The van der Waals surface area contributed by atoms with Gasteiger partial charge < -0.3 is 5.32 Å². The molecule has 18 heavy (non-hydrogen) atoms. The molecule has 2 aromatic rings. The highest BCUT2D eigenvalue weighted by Crippen LogP contribution is 2.14. The van der Waals surface area contributed by atoms with Crippen LogP contribution in [0.1, 0.15) is 18.3 Å². The molecule has 1 heterocycles. The maximum Gasteiger partial charge on any atom is 0.134 e. The van der Waals surface area contributed by atoms with E-state index in [1.165, 1.54) is 5.56 Å². The Morgan fingerprint density at radius 1 is 1.22 bits per heavy atom. The van der Waals surface area contributed by atoms with Crippen LogP contribution >= 0.6 is 27.5 Å². The van der Waals surface area contributed by atoms with Crippen molar-refractivity contribution < 1.29 is 0 Å². The van der Waals surface area contributed by atoms with E-state index in [0.717, 1.165) is 22.5 Å². The molecule has 0 unspecified atom stereocenters. The third-order valence-electron chi connectivity index (χ3n) is 2.44. The molecule has 0 amide bonds. The second-order valence-electron chi connectivity index (χ2n) is 3.83. The van der Waals surface area contributed by atoms with Gasteiger partial charge in [-0.25, -0.2) is 9.97 Å². The van der Waals surface area contributed by atoms with Gasteiger partial charge in [-0.15, -0.1) is 0 Å². The number of anilines is 1. The van der Waals surface area contributed by atoms with Crippen LogP contribution in [0, 0.1) is 0 Å². The standard InChI is InChI=1S/C13H13BrClN3/c1-2-12-17-11(15)7-13(18-12)16-8-9-3-5-10(14)6-4-9/h3-7H,2,8H2,1H3,(H,16,17,18). The quantitative estimate of drug-likeness (QED) is 0.861. The van der Waals surface area contributed by atoms with E-state index in [0.29, 0.717) is 11.7 Å². The number of hydrogen-bond donors (Lipinski definition) is 1. The fraction of sp³-hybridized carbons (Fsp3) is 0.231. The molecule has 0 saturated carbocycles. The lowest BCUT2D eigenvalue weighted by atomic mass is 10.2. The molecule has 5 heteroatoms. The Hall–Kier alpha value is -1.13. The van der Waals surface area contributed by atoms with Crippen molar-refractivity contribution in [2.75, 3.05) is 5.32 Å². The second kappa shape index (κ2) is 6.16. The summed E-state index contributed by atoms with van der Waals surface area (Å²) in [5.41, 5.74) is 1.19. The van der Waals surface area contributed by atoms with E-state index in [9.17, 15) is 0 Å². The van der Waals surface area contributed by atoms with Crippen LogP contribution in [0.5, 0.6) is 0 Å². The lowest BCUT2D eigenvalue weighted by Gasteiger charge is -2.07. The lowest BCUT2D eigenvalue weighted by molar-refractivity contribution is 0.933. The third-order valence-corrected chi connectivity index (χ3v) is 3.17. The highest BCUT2D eigenvalue weighted by atomic mass is 79.9. The summed E-state index contributed by atoms with van der Waals surface area (Å²) in [5.74, 6) is 1.51. The zero-order valence-electron chi connectivity index (χ0n) is 9.95. The zero-order valence-corrected chi connectivity index (χ0v) is 12.3. The first-order valence-corrected chi connectivity index (χ1v) is 6.86. The van der Waals surface area contributed by atoms with Crippen molar-refractivity contribution in [3.05, 3.63) is 51.3 Å². The highest BCUT2D eigenvalue weighted by Gasteiger charge is 2.01. The smallest absolute Gasteiger partial charge is 0.134 e. The SMILES string of the molecule is CCc1nc(Cl)cc(NCc2ccc(Br)cc2)n1. The van der Waals surface area contributed by atoms with Gasteiger partial charge in [0, 0.05) is 23.5 Å². The lowest BCUT2D eigenvalue weighted by Crippen LogP contribution is -2.04. The molecule has 0 saturated heterocycles. The molecule has 0 aliphatic carbocycles. The van der Waals surface area contributed by atoms with E-state index < -0.39 is 0 Å². The van der Waals surface area contributed by atoms with Gasteiger partial charge in [0.1, 0.15) is 16.8 Å². The van der Waals surface area contributed by atoms with Crippen molar-refractivity contribution in [1.82, 2.24) is 9.97 Å². The molecule has 1 N–H and O–H groups in total. The van der Waals surface area contributed by atoms with E-state index in [4.69, 9.17) is 11.6 Å². The molecular formula is C13H13BrClN3. The number of halogens is 2. The Bertz CT molecular complexity index is 528. The monoisotopic (exact) mass is 325 g/mol. The van der Waals surface area contributed by atoms with Crippen LogP contribution < -0.4 is 5.32 Å². The molecule has 2 rings (SSSR count). The number of rotatable bonds is 4. The van der Waals surface area contributed by atoms with Gasteiger partial charge in [-0.05, 0) is 17.7 Å². The van der Waals surface area contributed by atoms with Crippen LogP contribution in [-0.4, -0.2) is 9.97 Å². The average molecular weight is 327 g/mol. The molecule has 0 spiro atoms. The Morgan fingerprint density at radius 3 is 2.61 bits per heavy atom. The summed E-state index contributed by atoms with van der Waals surface area (Å²) in [5, 5.41) is 3.72. The Kier molecular flexibility index (Phi) is 4.55. The minimum Gasteiger partial charge on any atom is -0.366 e. The summed E-state index contributed by atoms with van der Waals surface area (Å²) in [6, 6.07) is 9.88. The van der Waals surface area contributed by atoms with Crippen LogP contribution in [0.25, 0.3) is 0 Å². The number of benzene rings is 1. The van der Waals surface area contributed by atoms with Crippen molar-refractivity contribution >= 4 is 33.3 Å². The van der Waals surface area contributed by atoms with Gasteiger partial charge in [0.2, 0.25) is 0 Å². The van der Waals surface area contributed by atoms with Crippen molar-refractivity contribution in [2.24, 2.45) is 0 Å². The van der Waals surface area contributed by atoms with Crippen molar-refractivity contribution in [1.29, 1.82) is 0 Å². The summed E-state index contributed by atoms with van der Waals surface area (Å²) in [6.07, 6.45) is 0.771. The van der Waals surface area contributed by atoms with Crippen LogP contribution in [0.3, 0.4) is 0 Å². The first-order chi connectivity index (χ1) is 8.67. The Labute approximate surface area is 120 Å². The molecular weight excluding hydrogens is 314 g/mol.